The molecule has 1 saturated heterocycles. The molecule has 38 heavy (non-hydrogen) atoms. The van der Waals surface area contributed by atoms with Crippen LogP contribution in [-0.2, 0) is 22.6 Å². The van der Waals surface area contributed by atoms with Gasteiger partial charge in [-0.2, -0.15) is 0 Å². The Labute approximate surface area is 222 Å². The number of unbranched alkanes of at least 4 members (excludes halogenated alkanes) is 2. The Bertz CT molecular complexity index is 1350. The molecule has 1 fully saturated rings. The average molecular weight is 513 g/mol. The summed E-state index contributed by atoms with van der Waals surface area (Å²) in [5, 5.41) is 11.4. The lowest BCUT2D eigenvalue weighted by Gasteiger charge is -2.25. The third-order valence-electron chi connectivity index (χ3n) is 7.02. The summed E-state index contributed by atoms with van der Waals surface area (Å²) in [4.78, 5) is 32.3. The molecular formula is C31H32N2O5. The molecule has 0 radical (unpaired) electrons. The summed E-state index contributed by atoms with van der Waals surface area (Å²) >= 11 is 0. The summed E-state index contributed by atoms with van der Waals surface area (Å²) in [7, 11) is 0. The van der Waals surface area contributed by atoms with E-state index in [-0.39, 0.29) is 24.0 Å². The molecule has 0 bridgehead atoms. The highest BCUT2D eigenvalue weighted by Gasteiger charge is 2.46. The topological polar surface area (TPSA) is 89.0 Å². The van der Waals surface area contributed by atoms with E-state index >= 15 is 0 Å². The molecule has 0 spiro atoms. The molecule has 7 nitrogen and oxygen atoms in total. The first kappa shape index (κ1) is 25.5. The normalized spacial score (nSPS) is 19.9. The van der Waals surface area contributed by atoms with Crippen LogP contribution in [0.2, 0.25) is 0 Å². The fourth-order valence-corrected chi connectivity index (χ4v) is 5.09. The minimum absolute atomic E-state index is 0.0519. The van der Waals surface area contributed by atoms with Crippen molar-refractivity contribution in [2.75, 3.05) is 6.61 Å². The molecule has 0 aliphatic carbocycles. The van der Waals surface area contributed by atoms with Crippen LogP contribution in [0.25, 0.3) is 5.76 Å². The van der Waals surface area contributed by atoms with Crippen molar-refractivity contribution >= 4 is 17.4 Å². The predicted octanol–water partition coefficient (Wildman–Crippen LogP) is 5.60. The van der Waals surface area contributed by atoms with Gasteiger partial charge >= 0.3 is 0 Å². The second-order valence-electron chi connectivity index (χ2n) is 9.86. The second-order valence-corrected chi connectivity index (χ2v) is 9.86. The largest absolute Gasteiger partial charge is 0.507 e. The SMILES string of the molecule is CCCCCOc1ccc(C2C(=C(O)c3ccc4c(c3)CC(C)O4)C(=O)C(=O)N2Cc2ccncc2)cc1. The van der Waals surface area contributed by atoms with Gasteiger partial charge in [-0.1, -0.05) is 31.9 Å². The van der Waals surface area contributed by atoms with Gasteiger partial charge in [-0.25, -0.2) is 0 Å². The number of hydrogen-bond acceptors (Lipinski definition) is 6. The number of Topliss-reactive ketones (excluding diaryl/α,β-unsaturated/α-hetero) is 1. The number of carbonyl (C=O) groups is 2. The minimum Gasteiger partial charge on any atom is -0.507 e. The number of benzene rings is 2. The van der Waals surface area contributed by atoms with Crippen LogP contribution in [0.5, 0.6) is 11.5 Å². The van der Waals surface area contributed by atoms with Crippen molar-refractivity contribution in [2.45, 2.75) is 58.2 Å². The second kappa shape index (κ2) is 11.1. The van der Waals surface area contributed by atoms with Crippen molar-refractivity contribution in [3.05, 3.63) is 94.8 Å². The van der Waals surface area contributed by atoms with Gasteiger partial charge in [0.2, 0.25) is 0 Å². The summed E-state index contributed by atoms with van der Waals surface area (Å²) in [6, 6.07) is 15.7. The van der Waals surface area contributed by atoms with E-state index in [1.165, 1.54) is 4.90 Å². The zero-order chi connectivity index (χ0) is 26.6. The lowest BCUT2D eigenvalue weighted by atomic mass is 9.94. The van der Waals surface area contributed by atoms with Gasteiger partial charge in [-0.05, 0) is 72.5 Å². The number of amides is 1. The fraction of sp³-hybridized carbons (Fsp3) is 0.323. The van der Waals surface area contributed by atoms with E-state index in [0.717, 1.165) is 53.9 Å². The van der Waals surface area contributed by atoms with Crippen LogP contribution in [-0.4, -0.2) is 39.4 Å². The Morgan fingerprint density at radius 2 is 1.84 bits per heavy atom. The van der Waals surface area contributed by atoms with Crippen LogP contribution in [0, 0.1) is 0 Å². The lowest BCUT2D eigenvalue weighted by Crippen LogP contribution is -2.29. The van der Waals surface area contributed by atoms with Gasteiger partial charge < -0.3 is 19.5 Å². The Kier molecular flexibility index (Phi) is 7.45. The number of aliphatic hydroxyl groups is 1. The van der Waals surface area contributed by atoms with Gasteiger partial charge in [0.1, 0.15) is 23.4 Å². The molecule has 0 saturated carbocycles. The summed E-state index contributed by atoms with van der Waals surface area (Å²) in [6.07, 6.45) is 7.28. The van der Waals surface area contributed by atoms with E-state index in [1.54, 1.807) is 24.5 Å². The quantitative estimate of drug-likeness (QED) is 0.174. The van der Waals surface area contributed by atoms with E-state index < -0.39 is 17.7 Å². The number of ether oxygens (including phenoxy) is 2. The summed E-state index contributed by atoms with van der Waals surface area (Å²) < 4.78 is 11.6. The first-order valence-corrected chi connectivity index (χ1v) is 13.2. The summed E-state index contributed by atoms with van der Waals surface area (Å²) in [5.74, 6) is -0.0345. The van der Waals surface area contributed by atoms with E-state index in [4.69, 9.17) is 9.47 Å². The van der Waals surface area contributed by atoms with Crippen molar-refractivity contribution < 1.29 is 24.2 Å². The van der Waals surface area contributed by atoms with Crippen LogP contribution >= 0.6 is 0 Å². The maximum Gasteiger partial charge on any atom is 0.295 e. The standard InChI is InChI=1S/C31H32N2O5/c1-3-4-5-16-37-25-9-6-22(7-10-25)28-27(29(34)23-8-11-26-24(18-23)17-20(2)38-26)30(35)31(36)33(28)19-21-12-14-32-15-13-21/h6-15,18,20,28,34H,3-5,16-17,19H2,1-2H3. The number of aliphatic hydroxyl groups excluding tert-OH is 1. The Balaban J connectivity index is 1.52. The maximum absolute atomic E-state index is 13.4. The number of aromatic nitrogens is 1. The van der Waals surface area contributed by atoms with Crippen LogP contribution in [0.4, 0.5) is 0 Å². The van der Waals surface area contributed by atoms with Crippen LogP contribution in [0.1, 0.15) is 61.4 Å². The highest BCUT2D eigenvalue weighted by Crippen LogP contribution is 2.41. The third kappa shape index (κ3) is 5.14. The molecule has 5 rings (SSSR count). The zero-order valence-electron chi connectivity index (χ0n) is 21.7. The van der Waals surface area contributed by atoms with Gasteiger partial charge in [0, 0.05) is 30.9 Å². The van der Waals surface area contributed by atoms with Crippen molar-refractivity contribution in [1.82, 2.24) is 9.88 Å². The van der Waals surface area contributed by atoms with E-state index in [1.807, 2.05) is 49.4 Å². The maximum atomic E-state index is 13.4. The van der Waals surface area contributed by atoms with Gasteiger partial charge in [0.05, 0.1) is 18.2 Å². The number of nitrogens with zero attached hydrogens (tertiary/aromatic N) is 2. The van der Waals surface area contributed by atoms with Gasteiger partial charge in [0.15, 0.2) is 0 Å². The number of rotatable bonds is 9. The van der Waals surface area contributed by atoms with E-state index in [9.17, 15) is 14.7 Å². The molecule has 196 valence electrons. The monoisotopic (exact) mass is 512 g/mol. The van der Waals surface area contributed by atoms with Crippen LogP contribution in [0.3, 0.4) is 0 Å². The van der Waals surface area contributed by atoms with Gasteiger partial charge in [0.25, 0.3) is 11.7 Å². The van der Waals surface area contributed by atoms with Crippen molar-refractivity contribution in [3.63, 3.8) is 0 Å². The molecular weight excluding hydrogens is 480 g/mol. The molecule has 7 heteroatoms. The molecule has 2 aliphatic rings. The molecule has 2 aliphatic heterocycles. The van der Waals surface area contributed by atoms with Crippen LogP contribution < -0.4 is 9.47 Å². The molecule has 3 heterocycles. The Hall–Kier alpha value is -4.13. The Morgan fingerprint density at radius 3 is 2.58 bits per heavy atom. The molecule has 2 aromatic carbocycles. The summed E-state index contributed by atoms with van der Waals surface area (Å²) in [6.45, 7) is 4.98. The fourth-order valence-electron chi connectivity index (χ4n) is 5.09. The smallest absolute Gasteiger partial charge is 0.295 e. The minimum atomic E-state index is -0.749. The molecule has 1 N–H and O–H groups in total. The first-order valence-electron chi connectivity index (χ1n) is 13.2. The first-order chi connectivity index (χ1) is 18.5. The Morgan fingerprint density at radius 1 is 1.08 bits per heavy atom. The number of hydrogen-bond donors (Lipinski definition) is 1. The number of fused-ring (bicyclic) bond motifs is 1. The summed E-state index contributed by atoms with van der Waals surface area (Å²) in [5.41, 5.74) is 3.09. The molecule has 1 amide bonds. The highest BCUT2D eigenvalue weighted by atomic mass is 16.5. The zero-order valence-corrected chi connectivity index (χ0v) is 21.7. The van der Waals surface area contributed by atoms with E-state index in [0.29, 0.717) is 12.2 Å². The van der Waals surface area contributed by atoms with Crippen molar-refractivity contribution in [2.24, 2.45) is 0 Å². The average Bonchev–Trinajstić information content (AvgIpc) is 3.43. The molecule has 3 aromatic rings. The molecule has 2 unspecified atom stereocenters. The molecule has 2 atom stereocenters. The van der Waals surface area contributed by atoms with E-state index in [2.05, 4.69) is 11.9 Å². The van der Waals surface area contributed by atoms with Crippen LogP contribution in [0.15, 0.2) is 72.6 Å². The highest BCUT2D eigenvalue weighted by molar-refractivity contribution is 6.46. The number of carbonyl (C=O) groups excluding carboxylic acids is 2. The number of likely N-dealkylation sites (tertiary alicyclic amines) is 1. The van der Waals surface area contributed by atoms with Gasteiger partial charge in [-0.3, -0.25) is 14.6 Å². The van der Waals surface area contributed by atoms with Gasteiger partial charge in [-0.15, -0.1) is 0 Å². The number of ketones is 1. The predicted molar refractivity (Wildman–Crippen MR) is 144 cm³/mol. The number of pyridine rings is 1. The van der Waals surface area contributed by atoms with Crippen molar-refractivity contribution in [1.29, 1.82) is 0 Å². The van der Waals surface area contributed by atoms with Crippen molar-refractivity contribution in [3.8, 4) is 11.5 Å². The molecule has 1 aromatic heterocycles. The lowest BCUT2D eigenvalue weighted by molar-refractivity contribution is -0.140. The third-order valence-corrected chi connectivity index (χ3v) is 7.02.